The minimum Gasteiger partial charge on any atom is -1.00 e. The average molecular weight is 737 g/mol. The fourth-order valence-electron chi connectivity index (χ4n) is 4.97. The van der Waals surface area contributed by atoms with Crippen molar-refractivity contribution in [3.63, 3.8) is 0 Å². The van der Waals surface area contributed by atoms with Crippen LogP contribution in [0.1, 0.15) is 132 Å². The van der Waals surface area contributed by atoms with E-state index < -0.39 is 0 Å². The largest absolute Gasteiger partial charge is 2.00 e. The van der Waals surface area contributed by atoms with Crippen molar-refractivity contribution in [1.29, 1.82) is 0 Å². The zero-order valence-corrected chi connectivity index (χ0v) is 31.1. The van der Waals surface area contributed by atoms with E-state index in [-0.39, 0.29) is 51.0 Å². The van der Waals surface area contributed by atoms with Gasteiger partial charge in [0.15, 0.2) is 0 Å². The Kier molecular flexibility index (Phi) is 17.3. The van der Waals surface area contributed by atoms with Crippen LogP contribution in [-0.2, 0) is 23.5 Å². The van der Waals surface area contributed by atoms with Crippen molar-refractivity contribution in [2.75, 3.05) is 0 Å². The van der Waals surface area contributed by atoms with Crippen LogP contribution in [0.4, 0.5) is 11.4 Å². The molecular formula is C36H47Br2FeN3. The second kappa shape index (κ2) is 18.1. The SMILES string of the molecule is C=CCc1cc(C(C)C)c(N=C(C)c2cccc(C(C)=Nc3c(C(C)C)cccc3C(C)C)n2)c(C(C)C)c1.[Br-].[Br-].[Fe+2]. The standard InChI is InChI=1S/C36H47N3.2BrH.Fe/c1-12-15-28-20-31(24(6)7)36(32(21-28)25(8)9)38-27(11)34-19-14-18-33(39-34)26(10)37-35-29(22(2)3)16-13-17-30(35)23(4)5;;;/h12-14,16-25H,1,15H2,2-11H3;2*1H;/q;;;+2/p-2. The van der Waals surface area contributed by atoms with Gasteiger partial charge in [-0.1, -0.05) is 97.9 Å². The molecule has 0 aliphatic heterocycles. The zero-order chi connectivity index (χ0) is 28.9. The van der Waals surface area contributed by atoms with Crippen molar-refractivity contribution in [1.82, 2.24) is 4.98 Å². The van der Waals surface area contributed by atoms with E-state index in [1.165, 1.54) is 27.8 Å². The first kappa shape index (κ1) is 40.1. The maximum absolute atomic E-state index is 5.22. The van der Waals surface area contributed by atoms with E-state index in [4.69, 9.17) is 15.0 Å². The number of para-hydroxylation sites is 1. The van der Waals surface area contributed by atoms with Crippen molar-refractivity contribution in [3.05, 3.63) is 100 Å². The number of aromatic nitrogens is 1. The molecule has 0 radical (unpaired) electrons. The number of halogens is 2. The van der Waals surface area contributed by atoms with Gasteiger partial charge in [0.2, 0.25) is 0 Å². The molecule has 0 spiro atoms. The van der Waals surface area contributed by atoms with Crippen LogP contribution in [0.15, 0.2) is 71.2 Å². The van der Waals surface area contributed by atoms with Crippen molar-refractivity contribution in [3.8, 4) is 0 Å². The number of rotatable bonds is 10. The molecule has 1 aromatic heterocycles. The molecule has 0 bridgehead atoms. The van der Waals surface area contributed by atoms with Crippen LogP contribution in [0.3, 0.4) is 0 Å². The molecule has 6 heteroatoms. The van der Waals surface area contributed by atoms with Crippen LogP contribution in [0, 0.1) is 0 Å². The molecule has 0 amide bonds. The second-order valence-electron chi connectivity index (χ2n) is 11.8. The Morgan fingerprint density at radius 3 is 1.38 bits per heavy atom. The van der Waals surface area contributed by atoms with E-state index in [1.54, 1.807) is 0 Å². The van der Waals surface area contributed by atoms with Gasteiger partial charge in [0, 0.05) is 0 Å². The topological polar surface area (TPSA) is 37.6 Å². The van der Waals surface area contributed by atoms with Gasteiger partial charge in [-0.2, -0.15) is 0 Å². The summed E-state index contributed by atoms with van der Waals surface area (Å²) in [4.78, 5) is 15.4. The molecule has 3 rings (SSSR count). The minimum atomic E-state index is 0. The number of benzene rings is 2. The van der Waals surface area contributed by atoms with E-state index >= 15 is 0 Å². The molecule has 0 unspecified atom stereocenters. The van der Waals surface area contributed by atoms with E-state index in [2.05, 4.69) is 112 Å². The van der Waals surface area contributed by atoms with Crippen LogP contribution < -0.4 is 34.0 Å². The third-order valence-electron chi connectivity index (χ3n) is 7.24. The van der Waals surface area contributed by atoms with Gasteiger partial charge in [0.05, 0.1) is 34.2 Å². The summed E-state index contributed by atoms with van der Waals surface area (Å²) in [6.45, 7) is 26.0. The Labute approximate surface area is 286 Å². The third kappa shape index (κ3) is 9.84. The quantitative estimate of drug-likeness (QED) is 0.171. The first-order chi connectivity index (χ1) is 18.4. The maximum Gasteiger partial charge on any atom is 2.00 e. The Balaban J connectivity index is 0.00000560. The average Bonchev–Trinajstić information content (AvgIpc) is 2.88. The Morgan fingerprint density at radius 2 is 1.02 bits per heavy atom. The summed E-state index contributed by atoms with van der Waals surface area (Å²) in [6, 6.07) is 17.3. The molecule has 3 nitrogen and oxygen atoms in total. The Morgan fingerprint density at radius 1 is 0.667 bits per heavy atom. The first-order valence-electron chi connectivity index (χ1n) is 14.4. The third-order valence-corrected chi connectivity index (χ3v) is 7.24. The molecule has 0 aliphatic rings. The second-order valence-corrected chi connectivity index (χ2v) is 11.8. The summed E-state index contributed by atoms with van der Waals surface area (Å²) in [5, 5.41) is 0. The van der Waals surface area contributed by atoms with Crippen LogP contribution in [0.5, 0.6) is 0 Å². The summed E-state index contributed by atoms with van der Waals surface area (Å²) in [5.41, 5.74) is 12.1. The molecule has 0 N–H and O–H groups in total. The van der Waals surface area contributed by atoms with Crippen LogP contribution in [0.2, 0.25) is 0 Å². The van der Waals surface area contributed by atoms with Crippen LogP contribution in [-0.4, -0.2) is 16.4 Å². The smallest absolute Gasteiger partial charge is 1.00 e. The summed E-state index contributed by atoms with van der Waals surface area (Å²) >= 11 is 0. The molecule has 0 saturated heterocycles. The van der Waals surface area contributed by atoms with E-state index in [0.29, 0.717) is 23.7 Å². The monoisotopic (exact) mass is 735 g/mol. The van der Waals surface area contributed by atoms with Gasteiger partial charge in [-0.3, -0.25) is 9.98 Å². The van der Waals surface area contributed by atoms with Crippen molar-refractivity contribution < 1.29 is 51.0 Å². The molecule has 0 saturated carbocycles. The Hall–Kier alpha value is -1.85. The minimum absolute atomic E-state index is 0. The van der Waals surface area contributed by atoms with Crippen LogP contribution >= 0.6 is 0 Å². The van der Waals surface area contributed by atoms with Gasteiger partial charge in [-0.15, -0.1) is 6.58 Å². The predicted molar refractivity (Wildman–Crippen MR) is 171 cm³/mol. The van der Waals surface area contributed by atoms with Gasteiger partial charge in [-0.05, 0) is 83.9 Å². The maximum atomic E-state index is 5.22. The molecular weight excluding hydrogens is 690 g/mol. The van der Waals surface area contributed by atoms with E-state index in [1.807, 2.05) is 18.2 Å². The molecule has 0 atom stereocenters. The number of hydrogen-bond donors (Lipinski definition) is 0. The van der Waals surface area contributed by atoms with Crippen molar-refractivity contribution in [2.45, 2.75) is 99.3 Å². The fraction of sp³-hybridized carbons (Fsp3) is 0.417. The molecule has 2 aromatic carbocycles. The summed E-state index contributed by atoms with van der Waals surface area (Å²) in [7, 11) is 0. The summed E-state index contributed by atoms with van der Waals surface area (Å²) in [6.07, 6.45) is 2.84. The fourth-order valence-corrected chi connectivity index (χ4v) is 4.97. The number of hydrogen-bond acceptors (Lipinski definition) is 3. The number of pyridine rings is 1. The number of aliphatic imine (C=N–C) groups is 2. The van der Waals surface area contributed by atoms with Gasteiger partial charge in [-0.25, -0.2) is 4.98 Å². The van der Waals surface area contributed by atoms with Gasteiger partial charge in [0.25, 0.3) is 0 Å². The molecule has 228 valence electrons. The normalized spacial score (nSPS) is 11.9. The summed E-state index contributed by atoms with van der Waals surface area (Å²) < 4.78 is 0. The first-order valence-corrected chi connectivity index (χ1v) is 14.4. The molecule has 3 aromatic rings. The zero-order valence-electron chi connectivity index (χ0n) is 26.9. The van der Waals surface area contributed by atoms with Crippen LogP contribution in [0.25, 0.3) is 0 Å². The molecule has 1 heterocycles. The predicted octanol–water partition coefficient (Wildman–Crippen LogP) is 4.59. The number of nitrogens with zero attached hydrogens (tertiary/aromatic N) is 3. The molecule has 42 heavy (non-hydrogen) atoms. The molecule has 0 fully saturated rings. The van der Waals surface area contributed by atoms with E-state index in [0.717, 1.165) is 40.6 Å². The number of allylic oxidation sites excluding steroid dienone is 1. The Bertz CT molecular complexity index is 1330. The van der Waals surface area contributed by atoms with Gasteiger partial charge in [0.1, 0.15) is 0 Å². The van der Waals surface area contributed by atoms with Crippen molar-refractivity contribution >= 4 is 22.8 Å². The summed E-state index contributed by atoms with van der Waals surface area (Å²) in [5.74, 6) is 1.52. The molecule has 0 aliphatic carbocycles. The van der Waals surface area contributed by atoms with Crippen molar-refractivity contribution in [2.24, 2.45) is 9.98 Å². The van der Waals surface area contributed by atoms with Gasteiger partial charge >= 0.3 is 17.1 Å². The van der Waals surface area contributed by atoms with Gasteiger partial charge < -0.3 is 34.0 Å². The van der Waals surface area contributed by atoms with E-state index in [9.17, 15) is 0 Å².